The maximum Gasteiger partial charge on any atom is 0.434 e. The van der Waals surface area contributed by atoms with Crippen LogP contribution in [0.5, 0.6) is 0 Å². The van der Waals surface area contributed by atoms with E-state index >= 15 is 0 Å². The summed E-state index contributed by atoms with van der Waals surface area (Å²) in [5.74, 6) is 1.18. The summed E-state index contributed by atoms with van der Waals surface area (Å²) in [4.78, 5) is 10.3. The van der Waals surface area contributed by atoms with Gasteiger partial charge in [0.25, 0.3) is 0 Å². The Morgan fingerprint density at radius 3 is 2.68 bits per heavy atom. The molecule has 1 saturated heterocycles. The van der Waals surface area contributed by atoms with Gasteiger partial charge in [-0.2, -0.15) is 13.2 Å². The van der Waals surface area contributed by atoms with Gasteiger partial charge in [-0.1, -0.05) is 6.92 Å². The first kappa shape index (κ1) is 20.0. The lowest BCUT2D eigenvalue weighted by Crippen LogP contribution is -2.47. The molecular weight excluding hydrogens is 351 g/mol. The summed E-state index contributed by atoms with van der Waals surface area (Å²) < 4.78 is 37.7. The average molecular weight is 377 g/mol. The Labute approximate surface area is 150 Å². The zero-order chi connectivity index (χ0) is 18.6. The molecule has 0 aliphatic carbocycles. The van der Waals surface area contributed by atoms with Gasteiger partial charge in [0, 0.05) is 50.6 Å². The van der Waals surface area contributed by atoms with Gasteiger partial charge in [-0.05, 0) is 19.8 Å². The second-order valence-electron chi connectivity index (χ2n) is 6.65. The number of hydrogen-bond donors (Lipinski definition) is 2. The Hall–Kier alpha value is -1.35. The zero-order valence-electron chi connectivity index (χ0n) is 15.0. The molecule has 0 saturated carbocycles. The van der Waals surface area contributed by atoms with Crippen LogP contribution in [0, 0.1) is 5.92 Å². The van der Waals surface area contributed by atoms with E-state index < -0.39 is 11.9 Å². The van der Waals surface area contributed by atoms with Crippen LogP contribution in [0.15, 0.2) is 10.4 Å². The second-order valence-corrected chi connectivity index (χ2v) is 7.59. The maximum atomic E-state index is 12.6. The van der Waals surface area contributed by atoms with Crippen molar-refractivity contribution in [2.24, 2.45) is 10.9 Å². The molecule has 2 unspecified atom stereocenters. The molecule has 1 aromatic rings. The fourth-order valence-electron chi connectivity index (χ4n) is 2.83. The quantitative estimate of drug-likeness (QED) is 0.612. The Kier molecular flexibility index (Phi) is 6.67. The second kappa shape index (κ2) is 8.35. The van der Waals surface area contributed by atoms with Gasteiger partial charge in [0.05, 0.1) is 5.01 Å². The predicted molar refractivity (Wildman–Crippen MR) is 95.0 cm³/mol. The molecule has 2 N–H and O–H groups in total. The van der Waals surface area contributed by atoms with Crippen molar-refractivity contribution in [2.75, 3.05) is 26.7 Å². The van der Waals surface area contributed by atoms with E-state index in [9.17, 15) is 13.2 Å². The number of nitrogens with one attached hydrogen (secondary N) is 2. The minimum absolute atomic E-state index is 0.310. The lowest BCUT2D eigenvalue weighted by Gasteiger charge is -2.21. The standard InChI is InChI=1S/C16H26F3N5S/c1-10(2)24-7-11(3)12(8-24)22-15(20-4)21-6-5-14-23-13(9-25-14)16(17,18)19/h9-12H,5-8H2,1-4H3,(H2,20,21,22). The number of aliphatic imine (C=N–C) groups is 1. The summed E-state index contributed by atoms with van der Waals surface area (Å²) in [6.07, 6.45) is -3.94. The summed E-state index contributed by atoms with van der Waals surface area (Å²) in [6, 6.07) is 0.822. The van der Waals surface area contributed by atoms with Crippen LogP contribution in [0.1, 0.15) is 31.5 Å². The molecule has 0 bridgehead atoms. The molecule has 25 heavy (non-hydrogen) atoms. The average Bonchev–Trinajstić information content (AvgIpc) is 3.13. The van der Waals surface area contributed by atoms with Crippen LogP contribution < -0.4 is 10.6 Å². The van der Waals surface area contributed by atoms with Gasteiger partial charge in [-0.3, -0.25) is 9.89 Å². The van der Waals surface area contributed by atoms with Crippen molar-refractivity contribution in [2.45, 2.75) is 45.5 Å². The van der Waals surface area contributed by atoms with E-state index in [1.54, 1.807) is 7.05 Å². The van der Waals surface area contributed by atoms with Gasteiger partial charge >= 0.3 is 6.18 Å². The first-order valence-electron chi connectivity index (χ1n) is 8.43. The van der Waals surface area contributed by atoms with Gasteiger partial charge in [0.15, 0.2) is 11.7 Å². The normalized spacial score (nSPS) is 22.6. The van der Waals surface area contributed by atoms with Crippen LogP contribution in [-0.2, 0) is 12.6 Å². The molecule has 1 aromatic heterocycles. The Bertz CT molecular complexity index is 585. The topological polar surface area (TPSA) is 52.6 Å². The van der Waals surface area contributed by atoms with Gasteiger partial charge < -0.3 is 10.6 Å². The highest BCUT2D eigenvalue weighted by Crippen LogP contribution is 2.30. The van der Waals surface area contributed by atoms with Crippen LogP contribution >= 0.6 is 11.3 Å². The number of nitrogens with zero attached hydrogens (tertiary/aromatic N) is 3. The Morgan fingerprint density at radius 1 is 1.44 bits per heavy atom. The van der Waals surface area contributed by atoms with Crippen molar-refractivity contribution in [3.63, 3.8) is 0 Å². The molecule has 0 amide bonds. The molecule has 1 aliphatic rings. The molecule has 142 valence electrons. The molecule has 1 aliphatic heterocycles. The summed E-state index contributed by atoms with van der Waals surface area (Å²) in [5, 5.41) is 8.11. The molecular formula is C16H26F3N5S. The van der Waals surface area contributed by atoms with Crippen LogP contribution in [-0.4, -0.2) is 54.6 Å². The molecule has 9 heteroatoms. The number of alkyl halides is 3. The number of aromatic nitrogens is 1. The van der Waals surface area contributed by atoms with Gasteiger partial charge in [0.2, 0.25) is 0 Å². The minimum atomic E-state index is -4.37. The van der Waals surface area contributed by atoms with Crippen molar-refractivity contribution in [3.8, 4) is 0 Å². The highest BCUT2D eigenvalue weighted by atomic mass is 32.1. The summed E-state index contributed by atoms with van der Waals surface area (Å²) in [6.45, 7) is 9.07. The fraction of sp³-hybridized carbons (Fsp3) is 0.750. The van der Waals surface area contributed by atoms with Crippen LogP contribution in [0.4, 0.5) is 13.2 Å². The number of thiazole rings is 1. The zero-order valence-corrected chi connectivity index (χ0v) is 15.8. The number of halogens is 3. The third-order valence-corrected chi connectivity index (χ3v) is 5.30. The van der Waals surface area contributed by atoms with Gasteiger partial charge in [0.1, 0.15) is 0 Å². The monoisotopic (exact) mass is 377 g/mol. The van der Waals surface area contributed by atoms with Crippen molar-refractivity contribution in [3.05, 3.63) is 16.1 Å². The lowest BCUT2D eigenvalue weighted by atomic mass is 10.1. The van der Waals surface area contributed by atoms with Crippen molar-refractivity contribution in [1.82, 2.24) is 20.5 Å². The van der Waals surface area contributed by atoms with E-state index in [-0.39, 0.29) is 0 Å². The largest absolute Gasteiger partial charge is 0.434 e. The minimum Gasteiger partial charge on any atom is -0.356 e. The highest BCUT2D eigenvalue weighted by Gasteiger charge is 2.33. The molecule has 0 radical (unpaired) electrons. The van der Waals surface area contributed by atoms with Crippen molar-refractivity contribution < 1.29 is 13.2 Å². The summed E-state index contributed by atoms with van der Waals surface area (Å²) in [7, 11) is 1.69. The first-order chi connectivity index (χ1) is 11.7. The van der Waals surface area contributed by atoms with Crippen molar-refractivity contribution >= 4 is 17.3 Å². The lowest BCUT2D eigenvalue weighted by molar-refractivity contribution is -0.140. The van der Waals surface area contributed by atoms with Crippen LogP contribution in [0.3, 0.4) is 0 Å². The molecule has 0 spiro atoms. The smallest absolute Gasteiger partial charge is 0.356 e. The van der Waals surface area contributed by atoms with E-state index in [2.05, 4.69) is 46.3 Å². The Balaban J connectivity index is 1.80. The SMILES string of the molecule is CN=C(NCCc1nc(C(F)(F)F)cs1)NC1CN(C(C)C)CC1C. The number of rotatable bonds is 5. The number of likely N-dealkylation sites (tertiary alicyclic amines) is 1. The first-order valence-corrected chi connectivity index (χ1v) is 9.31. The van der Waals surface area contributed by atoms with E-state index in [1.807, 2.05) is 0 Å². The van der Waals surface area contributed by atoms with Gasteiger partial charge in [-0.15, -0.1) is 11.3 Å². The number of guanidine groups is 1. The third kappa shape index (κ3) is 5.57. The van der Waals surface area contributed by atoms with E-state index in [4.69, 9.17) is 0 Å². The molecule has 2 atom stereocenters. The van der Waals surface area contributed by atoms with Crippen molar-refractivity contribution in [1.29, 1.82) is 0 Å². The summed E-state index contributed by atoms with van der Waals surface area (Å²) >= 11 is 1.03. The van der Waals surface area contributed by atoms with E-state index in [0.717, 1.165) is 29.8 Å². The van der Waals surface area contributed by atoms with Crippen LogP contribution in [0.25, 0.3) is 0 Å². The number of hydrogen-bond acceptors (Lipinski definition) is 4. The molecule has 0 aromatic carbocycles. The molecule has 5 nitrogen and oxygen atoms in total. The maximum absolute atomic E-state index is 12.6. The fourth-order valence-corrected chi connectivity index (χ4v) is 3.63. The molecule has 2 rings (SSSR count). The summed E-state index contributed by atoms with van der Waals surface area (Å²) in [5.41, 5.74) is -0.816. The highest BCUT2D eigenvalue weighted by molar-refractivity contribution is 7.09. The predicted octanol–water partition coefficient (Wildman–Crippen LogP) is 2.60. The third-order valence-electron chi connectivity index (χ3n) is 4.39. The van der Waals surface area contributed by atoms with E-state index in [0.29, 0.717) is 41.9 Å². The molecule has 2 heterocycles. The Morgan fingerprint density at radius 2 is 2.16 bits per heavy atom. The van der Waals surface area contributed by atoms with Gasteiger partial charge in [-0.25, -0.2) is 4.98 Å². The molecule has 1 fully saturated rings. The van der Waals surface area contributed by atoms with Crippen LogP contribution in [0.2, 0.25) is 0 Å². The van der Waals surface area contributed by atoms with E-state index in [1.165, 1.54) is 0 Å².